The number of phenolic OH excluding ortho intramolecular Hbond substituents is 1. The molecule has 1 aromatic rings. The number of phenols is 1. The van der Waals surface area contributed by atoms with E-state index < -0.39 is 0 Å². The van der Waals surface area contributed by atoms with Crippen molar-refractivity contribution in [1.82, 2.24) is 0 Å². The molecule has 2 rings (SSSR count). The van der Waals surface area contributed by atoms with Crippen molar-refractivity contribution < 1.29 is 14.6 Å². The lowest BCUT2D eigenvalue weighted by Gasteiger charge is -2.37. The van der Waals surface area contributed by atoms with Gasteiger partial charge in [0, 0.05) is 5.41 Å². The highest BCUT2D eigenvalue weighted by atomic mass is 79.9. The lowest BCUT2D eigenvalue weighted by molar-refractivity contribution is -0.120. The molecular weight excluding hydrogens is 260 g/mol. The van der Waals surface area contributed by atoms with Gasteiger partial charge in [0.25, 0.3) is 0 Å². The van der Waals surface area contributed by atoms with E-state index in [0.717, 1.165) is 23.4 Å². The molecule has 0 aliphatic carbocycles. The van der Waals surface area contributed by atoms with Crippen molar-refractivity contribution >= 4 is 15.9 Å². The molecule has 1 aliphatic heterocycles. The Morgan fingerprint density at radius 1 is 1.53 bits per heavy atom. The minimum atomic E-state index is 0.136. The second kappa shape index (κ2) is 4.02. The van der Waals surface area contributed by atoms with Gasteiger partial charge in [-0.3, -0.25) is 0 Å². The zero-order valence-corrected chi connectivity index (χ0v) is 10.1. The molecule has 1 heterocycles. The second-order valence-electron chi connectivity index (χ2n) is 4.21. The van der Waals surface area contributed by atoms with Gasteiger partial charge in [0.2, 0.25) is 0 Å². The maximum atomic E-state index is 9.22. The van der Waals surface area contributed by atoms with Crippen LogP contribution in [0.3, 0.4) is 0 Å². The standard InChI is InChI=1S/C11H13BrO3/c1-11(5-14-6-11)7-15-10-3-2-8(13)4-9(10)12/h2-4,13H,5-7H2,1H3. The fourth-order valence-electron chi connectivity index (χ4n) is 1.39. The van der Waals surface area contributed by atoms with Crippen LogP contribution < -0.4 is 4.74 Å². The molecule has 1 aliphatic rings. The molecule has 0 unspecified atom stereocenters. The highest BCUT2D eigenvalue weighted by Crippen LogP contribution is 2.32. The van der Waals surface area contributed by atoms with Crippen LogP contribution in [0, 0.1) is 5.41 Å². The number of rotatable bonds is 3. The maximum Gasteiger partial charge on any atom is 0.133 e. The lowest BCUT2D eigenvalue weighted by atomic mass is 9.90. The summed E-state index contributed by atoms with van der Waals surface area (Å²) in [5, 5.41) is 9.22. The summed E-state index contributed by atoms with van der Waals surface area (Å²) in [7, 11) is 0. The van der Waals surface area contributed by atoms with E-state index in [1.165, 1.54) is 0 Å². The topological polar surface area (TPSA) is 38.7 Å². The predicted molar refractivity (Wildman–Crippen MR) is 60.2 cm³/mol. The van der Waals surface area contributed by atoms with Crippen molar-refractivity contribution in [1.29, 1.82) is 0 Å². The number of halogens is 1. The monoisotopic (exact) mass is 272 g/mol. The molecule has 0 bridgehead atoms. The van der Waals surface area contributed by atoms with Gasteiger partial charge < -0.3 is 14.6 Å². The molecular formula is C11H13BrO3. The molecule has 1 N–H and O–H groups in total. The van der Waals surface area contributed by atoms with Crippen molar-refractivity contribution in [3.8, 4) is 11.5 Å². The number of aromatic hydroxyl groups is 1. The van der Waals surface area contributed by atoms with Gasteiger partial charge in [0.1, 0.15) is 11.5 Å². The van der Waals surface area contributed by atoms with E-state index in [2.05, 4.69) is 22.9 Å². The van der Waals surface area contributed by atoms with Gasteiger partial charge in [-0.1, -0.05) is 6.92 Å². The fourth-order valence-corrected chi connectivity index (χ4v) is 1.87. The molecule has 4 heteroatoms. The molecule has 0 radical (unpaired) electrons. The molecule has 1 fully saturated rings. The number of ether oxygens (including phenoxy) is 2. The summed E-state index contributed by atoms with van der Waals surface area (Å²) in [6, 6.07) is 4.98. The van der Waals surface area contributed by atoms with E-state index in [9.17, 15) is 5.11 Å². The van der Waals surface area contributed by atoms with Gasteiger partial charge >= 0.3 is 0 Å². The van der Waals surface area contributed by atoms with Crippen LogP contribution in [0.1, 0.15) is 6.92 Å². The van der Waals surface area contributed by atoms with Crippen LogP contribution in [0.5, 0.6) is 11.5 Å². The third-order valence-electron chi connectivity index (χ3n) is 2.39. The van der Waals surface area contributed by atoms with Gasteiger partial charge in [0.05, 0.1) is 24.3 Å². The Bertz CT molecular complexity index is 361. The van der Waals surface area contributed by atoms with Gasteiger partial charge in [0.15, 0.2) is 0 Å². The largest absolute Gasteiger partial charge is 0.508 e. The quantitative estimate of drug-likeness (QED) is 0.919. The normalized spacial score (nSPS) is 18.3. The average molecular weight is 273 g/mol. The molecule has 15 heavy (non-hydrogen) atoms. The van der Waals surface area contributed by atoms with Crippen LogP contribution in [0.15, 0.2) is 22.7 Å². The summed E-state index contributed by atoms with van der Waals surface area (Å²) in [4.78, 5) is 0. The first kappa shape index (κ1) is 10.8. The molecule has 82 valence electrons. The van der Waals surface area contributed by atoms with Crippen LogP contribution >= 0.6 is 15.9 Å². The summed E-state index contributed by atoms with van der Waals surface area (Å²) in [5.74, 6) is 0.980. The fraction of sp³-hybridized carbons (Fsp3) is 0.455. The lowest BCUT2D eigenvalue weighted by Crippen LogP contribution is -2.44. The first-order chi connectivity index (χ1) is 7.09. The molecule has 1 aromatic carbocycles. The van der Waals surface area contributed by atoms with Crippen LogP contribution in [0.4, 0.5) is 0 Å². The third kappa shape index (κ3) is 2.44. The van der Waals surface area contributed by atoms with Crippen molar-refractivity contribution in [3.05, 3.63) is 22.7 Å². The Morgan fingerprint density at radius 2 is 2.27 bits per heavy atom. The van der Waals surface area contributed by atoms with Crippen molar-refractivity contribution in [2.24, 2.45) is 5.41 Å². The van der Waals surface area contributed by atoms with E-state index in [0.29, 0.717) is 6.61 Å². The summed E-state index contributed by atoms with van der Waals surface area (Å²) in [5.41, 5.74) is 0.136. The Morgan fingerprint density at radius 3 is 2.80 bits per heavy atom. The van der Waals surface area contributed by atoms with E-state index in [4.69, 9.17) is 9.47 Å². The van der Waals surface area contributed by atoms with E-state index in [-0.39, 0.29) is 11.2 Å². The van der Waals surface area contributed by atoms with Crippen LogP contribution in [0.25, 0.3) is 0 Å². The number of hydrogen-bond donors (Lipinski definition) is 1. The number of hydrogen-bond acceptors (Lipinski definition) is 3. The SMILES string of the molecule is CC1(COc2ccc(O)cc2Br)COC1. The second-order valence-corrected chi connectivity index (χ2v) is 5.06. The summed E-state index contributed by atoms with van der Waals surface area (Å²) in [6.07, 6.45) is 0. The summed E-state index contributed by atoms with van der Waals surface area (Å²) < 4.78 is 11.6. The van der Waals surface area contributed by atoms with Gasteiger partial charge in [-0.15, -0.1) is 0 Å². The zero-order chi connectivity index (χ0) is 10.9. The highest BCUT2D eigenvalue weighted by molar-refractivity contribution is 9.10. The van der Waals surface area contributed by atoms with Crippen LogP contribution in [-0.2, 0) is 4.74 Å². The summed E-state index contributed by atoms with van der Waals surface area (Å²) >= 11 is 3.34. The van der Waals surface area contributed by atoms with Crippen LogP contribution in [0.2, 0.25) is 0 Å². The van der Waals surface area contributed by atoms with Crippen molar-refractivity contribution in [3.63, 3.8) is 0 Å². The smallest absolute Gasteiger partial charge is 0.133 e. The van der Waals surface area contributed by atoms with E-state index in [1.54, 1.807) is 18.2 Å². The summed E-state index contributed by atoms with van der Waals surface area (Å²) in [6.45, 7) is 4.27. The predicted octanol–water partition coefficient (Wildman–Crippen LogP) is 2.57. The van der Waals surface area contributed by atoms with Crippen LogP contribution in [-0.4, -0.2) is 24.9 Å². The molecule has 1 saturated heterocycles. The Hall–Kier alpha value is -0.740. The van der Waals surface area contributed by atoms with Gasteiger partial charge in [-0.05, 0) is 34.1 Å². The highest BCUT2D eigenvalue weighted by Gasteiger charge is 2.34. The first-order valence-corrected chi connectivity index (χ1v) is 5.57. The molecule has 3 nitrogen and oxygen atoms in total. The third-order valence-corrected chi connectivity index (χ3v) is 3.01. The Kier molecular flexibility index (Phi) is 2.89. The molecule has 0 spiro atoms. The molecule has 0 amide bonds. The molecule has 0 aromatic heterocycles. The van der Waals surface area contributed by atoms with E-state index in [1.807, 2.05) is 0 Å². The van der Waals surface area contributed by atoms with E-state index >= 15 is 0 Å². The first-order valence-electron chi connectivity index (χ1n) is 4.78. The Balaban J connectivity index is 1.98. The van der Waals surface area contributed by atoms with Crippen molar-refractivity contribution in [2.75, 3.05) is 19.8 Å². The molecule has 0 atom stereocenters. The zero-order valence-electron chi connectivity index (χ0n) is 8.50. The van der Waals surface area contributed by atoms with Crippen molar-refractivity contribution in [2.45, 2.75) is 6.92 Å². The minimum Gasteiger partial charge on any atom is -0.508 e. The maximum absolute atomic E-state index is 9.22. The average Bonchev–Trinajstić information content (AvgIpc) is 2.14. The van der Waals surface area contributed by atoms with Gasteiger partial charge in [-0.2, -0.15) is 0 Å². The van der Waals surface area contributed by atoms with Gasteiger partial charge in [-0.25, -0.2) is 0 Å². The number of benzene rings is 1. The minimum absolute atomic E-state index is 0.136. The Labute approximate surface area is 97.1 Å². The molecule has 0 saturated carbocycles.